The summed E-state index contributed by atoms with van der Waals surface area (Å²) in [5.74, 6) is -0.143. The number of hydrogen-bond acceptors (Lipinski definition) is 4. The maximum absolute atomic E-state index is 12.8. The molecule has 8 heteroatoms. The Labute approximate surface area is 129 Å². The van der Waals surface area contributed by atoms with Crippen LogP contribution < -0.4 is 10.3 Å². The second kappa shape index (κ2) is 7.10. The van der Waals surface area contributed by atoms with E-state index < -0.39 is 22.4 Å². The van der Waals surface area contributed by atoms with Crippen molar-refractivity contribution in [1.82, 2.24) is 5.48 Å². The molecule has 2 aromatic rings. The zero-order valence-electron chi connectivity index (χ0n) is 11.8. The molecule has 122 valence electrons. The molecular formula is C15H13F3N2O3. The summed E-state index contributed by atoms with van der Waals surface area (Å²) in [5.41, 5.74) is 1.24. The number of nitrogens with one attached hydrogen (secondary N) is 1. The first-order valence-corrected chi connectivity index (χ1v) is 6.67. The Bertz CT molecular complexity index is 675. The smallest absolute Gasteiger partial charge is 0.409 e. The lowest BCUT2D eigenvalue weighted by Gasteiger charge is -2.11. The number of alkyl halides is 3. The SMILES string of the molecule is O=[N+]([O-])c1ccc(ONCCc2ccccc2)cc1C(F)(F)F. The third kappa shape index (κ3) is 4.68. The molecule has 0 saturated heterocycles. The van der Waals surface area contributed by atoms with Crippen molar-refractivity contribution in [2.45, 2.75) is 12.6 Å². The molecule has 0 aliphatic heterocycles. The summed E-state index contributed by atoms with van der Waals surface area (Å²) in [6, 6.07) is 11.9. The lowest BCUT2D eigenvalue weighted by molar-refractivity contribution is -0.388. The molecule has 0 bridgehead atoms. The van der Waals surface area contributed by atoms with Gasteiger partial charge in [-0.25, -0.2) is 0 Å². The number of rotatable bonds is 6. The van der Waals surface area contributed by atoms with Crippen LogP contribution in [0.3, 0.4) is 0 Å². The molecule has 0 aliphatic carbocycles. The average Bonchev–Trinajstić information content (AvgIpc) is 2.51. The fourth-order valence-electron chi connectivity index (χ4n) is 1.94. The highest BCUT2D eigenvalue weighted by Gasteiger charge is 2.38. The van der Waals surface area contributed by atoms with Gasteiger partial charge in [0.05, 0.1) is 4.92 Å². The lowest BCUT2D eigenvalue weighted by atomic mass is 10.1. The minimum absolute atomic E-state index is 0.143. The van der Waals surface area contributed by atoms with Crippen molar-refractivity contribution in [2.75, 3.05) is 6.54 Å². The number of hydroxylamine groups is 1. The minimum Gasteiger partial charge on any atom is -0.409 e. The van der Waals surface area contributed by atoms with E-state index in [4.69, 9.17) is 4.84 Å². The van der Waals surface area contributed by atoms with Gasteiger partial charge in [-0.3, -0.25) is 10.1 Å². The first-order chi connectivity index (χ1) is 10.9. The highest BCUT2D eigenvalue weighted by atomic mass is 19.4. The van der Waals surface area contributed by atoms with Gasteiger partial charge >= 0.3 is 6.18 Å². The molecule has 23 heavy (non-hydrogen) atoms. The Morgan fingerprint density at radius 3 is 2.43 bits per heavy atom. The predicted molar refractivity (Wildman–Crippen MR) is 76.9 cm³/mol. The van der Waals surface area contributed by atoms with Crippen LogP contribution in [0.25, 0.3) is 0 Å². The van der Waals surface area contributed by atoms with Crippen LogP contribution >= 0.6 is 0 Å². The van der Waals surface area contributed by atoms with Crippen molar-refractivity contribution < 1.29 is 22.9 Å². The molecule has 0 heterocycles. The molecule has 5 nitrogen and oxygen atoms in total. The first-order valence-electron chi connectivity index (χ1n) is 6.67. The minimum atomic E-state index is -4.83. The number of nitro groups is 1. The number of hydrogen-bond donors (Lipinski definition) is 1. The number of nitro benzene ring substituents is 1. The Morgan fingerprint density at radius 2 is 1.83 bits per heavy atom. The molecule has 0 radical (unpaired) electrons. The first kappa shape index (κ1) is 16.8. The van der Waals surface area contributed by atoms with Crippen LogP contribution in [0.1, 0.15) is 11.1 Å². The average molecular weight is 326 g/mol. The van der Waals surface area contributed by atoms with Crippen molar-refractivity contribution in [3.63, 3.8) is 0 Å². The van der Waals surface area contributed by atoms with Gasteiger partial charge in [-0.2, -0.15) is 18.7 Å². The fourth-order valence-corrected chi connectivity index (χ4v) is 1.94. The molecular weight excluding hydrogens is 313 g/mol. The molecule has 0 unspecified atom stereocenters. The van der Waals surface area contributed by atoms with Gasteiger partial charge < -0.3 is 4.84 Å². The van der Waals surface area contributed by atoms with E-state index in [1.165, 1.54) is 0 Å². The molecule has 0 spiro atoms. The van der Waals surface area contributed by atoms with Gasteiger partial charge in [0.1, 0.15) is 11.3 Å². The van der Waals surface area contributed by atoms with E-state index in [2.05, 4.69) is 5.48 Å². The van der Waals surface area contributed by atoms with Crippen molar-refractivity contribution in [3.05, 3.63) is 69.8 Å². The van der Waals surface area contributed by atoms with E-state index in [0.29, 0.717) is 19.0 Å². The highest BCUT2D eigenvalue weighted by molar-refractivity contribution is 5.46. The van der Waals surface area contributed by atoms with Crippen molar-refractivity contribution >= 4 is 5.69 Å². The van der Waals surface area contributed by atoms with Crippen LogP contribution in [0, 0.1) is 10.1 Å². The Hall–Kier alpha value is -2.61. The summed E-state index contributed by atoms with van der Waals surface area (Å²) >= 11 is 0. The summed E-state index contributed by atoms with van der Waals surface area (Å²) in [5, 5.41) is 10.6. The molecule has 0 aliphatic rings. The quantitative estimate of drug-likeness (QED) is 0.499. The van der Waals surface area contributed by atoms with Gasteiger partial charge in [-0.1, -0.05) is 30.3 Å². The highest BCUT2D eigenvalue weighted by Crippen LogP contribution is 2.37. The summed E-state index contributed by atoms with van der Waals surface area (Å²) in [7, 11) is 0. The molecule has 2 aromatic carbocycles. The second-order valence-corrected chi connectivity index (χ2v) is 4.67. The Morgan fingerprint density at radius 1 is 1.13 bits per heavy atom. The number of halogens is 3. The maximum Gasteiger partial charge on any atom is 0.423 e. The molecule has 0 fully saturated rings. The van der Waals surface area contributed by atoms with Gasteiger partial charge in [-0.05, 0) is 18.1 Å². The Kier molecular flexibility index (Phi) is 5.17. The standard InChI is InChI=1S/C15H13F3N2O3/c16-15(17,18)13-10-12(6-7-14(13)20(21)22)23-19-9-8-11-4-2-1-3-5-11/h1-7,10,19H,8-9H2. The van der Waals surface area contributed by atoms with Gasteiger partial charge in [-0.15, -0.1) is 0 Å². The Balaban J connectivity index is 1.99. The topological polar surface area (TPSA) is 64.4 Å². The molecule has 0 amide bonds. The monoisotopic (exact) mass is 326 g/mol. The van der Waals surface area contributed by atoms with Gasteiger partial charge in [0.15, 0.2) is 0 Å². The lowest BCUT2D eigenvalue weighted by Crippen LogP contribution is -2.21. The van der Waals surface area contributed by atoms with Crippen LogP contribution in [0.5, 0.6) is 5.75 Å². The number of nitrogens with zero attached hydrogens (tertiary/aromatic N) is 1. The van der Waals surface area contributed by atoms with Crippen LogP contribution in [-0.4, -0.2) is 11.5 Å². The van der Waals surface area contributed by atoms with Crippen LogP contribution in [0.4, 0.5) is 18.9 Å². The zero-order chi connectivity index (χ0) is 16.9. The second-order valence-electron chi connectivity index (χ2n) is 4.67. The van der Waals surface area contributed by atoms with Crippen LogP contribution in [-0.2, 0) is 12.6 Å². The molecule has 0 aromatic heterocycles. The van der Waals surface area contributed by atoms with Gasteiger partial charge in [0, 0.05) is 18.7 Å². The van der Waals surface area contributed by atoms with Crippen molar-refractivity contribution in [3.8, 4) is 5.75 Å². The number of benzene rings is 2. The van der Waals surface area contributed by atoms with E-state index in [0.717, 1.165) is 17.7 Å². The zero-order valence-corrected chi connectivity index (χ0v) is 11.8. The van der Waals surface area contributed by atoms with Gasteiger partial charge in [0.2, 0.25) is 0 Å². The van der Waals surface area contributed by atoms with E-state index in [1.54, 1.807) is 0 Å². The predicted octanol–water partition coefficient (Wildman–Crippen LogP) is 3.74. The summed E-state index contributed by atoms with van der Waals surface area (Å²) in [4.78, 5) is 14.6. The summed E-state index contributed by atoms with van der Waals surface area (Å²) in [6.07, 6.45) is -4.20. The third-order valence-electron chi connectivity index (χ3n) is 3.02. The molecule has 1 N–H and O–H groups in total. The maximum atomic E-state index is 12.8. The normalized spacial score (nSPS) is 11.3. The van der Waals surface area contributed by atoms with E-state index >= 15 is 0 Å². The largest absolute Gasteiger partial charge is 0.423 e. The van der Waals surface area contributed by atoms with Crippen molar-refractivity contribution in [2.24, 2.45) is 0 Å². The van der Waals surface area contributed by atoms with Crippen LogP contribution in [0.15, 0.2) is 48.5 Å². The van der Waals surface area contributed by atoms with Crippen LogP contribution in [0.2, 0.25) is 0 Å². The van der Waals surface area contributed by atoms with E-state index in [1.807, 2.05) is 30.3 Å². The van der Waals surface area contributed by atoms with E-state index in [9.17, 15) is 23.3 Å². The molecule has 2 rings (SSSR count). The summed E-state index contributed by atoms with van der Waals surface area (Å²) in [6.45, 7) is 0.377. The summed E-state index contributed by atoms with van der Waals surface area (Å²) < 4.78 is 38.5. The third-order valence-corrected chi connectivity index (χ3v) is 3.02. The van der Waals surface area contributed by atoms with Gasteiger partial charge in [0.25, 0.3) is 5.69 Å². The fraction of sp³-hybridized carbons (Fsp3) is 0.200. The molecule has 0 atom stereocenters. The molecule has 0 saturated carbocycles. The van der Waals surface area contributed by atoms with E-state index in [-0.39, 0.29) is 5.75 Å². The van der Waals surface area contributed by atoms with Crippen molar-refractivity contribution in [1.29, 1.82) is 0 Å².